The molecule has 0 aliphatic carbocycles. The molecule has 0 fully saturated rings. The number of hydrogen-bond donors (Lipinski definition) is 0. The first-order valence-electron chi connectivity index (χ1n) is 6.33. The summed E-state index contributed by atoms with van der Waals surface area (Å²) in [5.74, 6) is 0. The molecule has 0 radical (unpaired) electrons. The van der Waals surface area contributed by atoms with Crippen LogP contribution < -0.4 is 0 Å². The monoisotopic (exact) mass is 378 g/mol. The zero-order valence-corrected chi connectivity index (χ0v) is 15.4. The summed E-state index contributed by atoms with van der Waals surface area (Å²) in [5, 5.41) is 0. The SMILES string of the molecule is Cc1ccc(Sc2ccc(C)c(C(Cl)Cl)c2)cc1C(Cl)Cl. The fourth-order valence-corrected chi connectivity index (χ4v) is 3.83. The number of hydrogen-bond acceptors (Lipinski definition) is 1. The van der Waals surface area contributed by atoms with Gasteiger partial charge < -0.3 is 0 Å². The third-order valence-electron chi connectivity index (χ3n) is 3.21. The van der Waals surface area contributed by atoms with Crippen molar-refractivity contribution in [1.82, 2.24) is 0 Å². The van der Waals surface area contributed by atoms with Gasteiger partial charge in [-0.05, 0) is 60.4 Å². The average Bonchev–Trinajstić information content (AvgIpc) is 2.42. The summed E-state index contributed by atoms with van der Waals surface area (Å²) in [6, 6.07) is 12.2. The Bertz CT molecular complexity index is 583. The van der Waals surface area contributed by atoms with Crippen molar-refractivity contribution in [1.29, 1.82) is 0 Å². The van der Waals surface area contributed by atoms with Gasteiger partial charge in [0.25, 0.3) is 0 Å². The van der Waals surface area contributed by atoms with Gasteiger partial charge in [-0.3, -0.25) is 0 Å². The Kier molecular flexibility index (Phi) is 6.16. The van der Waals surface area contributed by atoms with E-state index in [0.29, 0.717) is 0 Å². The van der Waals surface area contributed by atoms with Crippen molar-refractivity contribution < 1.29 is 0 Å². The zero-order chi connectivity index (χ0) is 15.6. The van der Waals surface area contributed by atoms with Gasteiger partial charge in [-0.2, -0.15) is 0 Å². The van der Waals surface area contributed by atoms with Gasteiger partial charge in [-0.25, -0.2) is 0 Å². The molecule has 0 saturated carbocycles. The second-order valence-electron chi connectivity index (χ2n) is 4.74. The van der Waals surface area contributed by atoms with Crippen LogP contribution in [0.5, 0.6) is 0 Å². The van der Waals surface area contributed by atoms with E-state index in [1.807, 2.05) is 38.1 Å². The molecule has 0 N–H and O–H groups in total. The van der Waals surface area contributed by atoms with E-state index in [9.17, 15) is 0 Å². The van der Waals surface area contributed by atoms with Crippen LogP contribution in [-0.4, -0.2) is 0 Å². The van der Waals surface area contributed by atoms with Gasteiger partial charge in [0, 0.05) is 9.79 Å². The number of halogens is 4. The van der Waals surface area contributed by atoms with E-state index in [2.05, 4.69) is 12.1 Å². The maximum Gasteiger partial charge on any atom is 0.133 e. The number of benzene rings is 2. The Morgan fingerprint density at radius 1 is 0.714 bits per heavy atom. The number of rotatable bonds is 4. The van der Waals surface area contributed by atoms with Crippen LogP contribution in [0, 0.1) is 13.8 Å². The van der Waals surface area contributed by atoms with Crippen molar-refractivity contribution in [3.63, 3.8) is 0 Å². The van der Waals surface area contributed by atoms with Gasteiger partial charge in [0.1, 0.15) is 9.67 Å². The molecule has 0 amide bonds. The van der Waals surface area contributed by atoms with Crippen LogP contribution in [0.15, 0.2) is 46.2 Å². The van der Waals surface area contributed by atoms with Crippen molar-refractivity contribution in [3.05, 3.63) is 58.7 Å². The van der Waals surface area contributed by atoms with Gasteiger partial charge in [-0.1, -0.05) is 23.9 Å². The highest BCUT2D eigenvalue weighted by molar-refractivity contribution is 7.99. The molecular weight excluding hydrogens is 366 g/mol. The van der Waals surface area contributed by atoms with Crippen LogP contribution in [-0.2, 0) is 0 Å². The Morgan fingerprint density at radius 3 is 1.43 bits per heavy atom. The van der Waals surface area contributed by atoms with E-state index in [-0.39, 0.29) is 0 Å². The molecule has 2 aromatic carbocycles. The average molecular weight is 380 g/mol. The minimum absolute atomic E-state index is 0.519. The molecule has 112 valence electrons. The lowest BCUT2D eigenvalue weighted by Crippen LogP contribution is -1.90. The summed E-state index contributed by atoms with van der Waals surface area (Å²) < 4.78 is 0. The normalized spacial score (nSPS) is 11.4. The smallest absolute Gasteiger partial charge is 0.100 e. The second kappa shape index (κ2) is 7.48. The zero-order valence-electron chi connectivity index (χ0n) is 11.5. The Balaban J connectivity index is 2.30. The van der Waals surface area contributed by atoms with Crippen LogP contribution >= 0.6 is 58.2 Å². The van der Waals surface area contributed by atoms with Gasteiger partial charge in [0.2, 0.25) is 0 Å². The Morgan fingerprint density at radius 2 is 1.10 bits per heavy atom. The van der Waals surface area contributed by atoms with Crippen LogP contribution in [0.4, 0.5) is 0 Å². The van der Waals surface area contributed by atoms with Crippen LogP contribution in [0.25, 0.3) is 0 Å². The lowest BCUT2D eigenvalue weighted by Gasteiger charge is -2.11. The van der Waals surface area contributed by atoms with E-state index in [1.165, 1.54) is 0 Å². The molecule has 0 aromatic heterocycles. The highest BCUT2D eigenvalue weighted by atomic mass is 35.5. The fraction of sp³-hybridized carbons (Fsp3) is 0.250. The molecular formula is C16H14Cl4S. The first-order valence-corrected chi connectivity index (χ1v) is 8.90. The summed E-state index contributed by atoms with van der Waals surface area (Å²) in [6.45, 7) is 3.99. The highest BCUT2D eigenvalue weighted by Gasteiger charge is 2.11. The molecule has 0 heterocycles. The maximum atomic E-state index is 5.99. The second-order valence-corrected chi connectivity index (χ2v) is 8.08. The molecule has 5 heteroatoms. The summed E-state index contributed by atoms with van der Waals surface area (Å²) in [6.07, 6.45) is 0. The summed E-state index contributed by atoms with van der Waals surface area (Å²) in [4.78, 5) is 1.12. The largest absolute Gasteiger partial charge is 0.133 e. The lowest BCUT2D eigenvalue weighted by molar-refractivity contribution is 1.21. The van der Waals surface area contributed by atoms with Crippen LogP contribution in [0.2, 0.25) is 0 Å². The number of aryl methyl sites for hydroxylation is 2. The lowest BCUT2D eigenvalue weighted by atomic mass is 10.1. The molecule has 21 heavy (non-hydrogen) atoms. The summed E-state index contributed by atoms with van der Waals surface area (Å²) >= 11 is 25.6. The molecule has 0 spiro atoms. The van der Waals surface area contributed by atoms with E-state index in [0.717, 1.165) is 32.0 Å². The van der Waals surface area contributed by atoms with E-state index in [4.69, 9.17) is 46.4 Å². The van der Waals surface area contributed by atoms with E-state index < -0.39 is 9.67 Å². The van der Waals surface area contributed by atoms with Crippen LogP contribution in [0.3, 0.4) is 0 Å². The van der Waals surface area contributed by atoms with Crippen molar-refractivity contribution in [2.75, 3.05) is 0 Å². The molecule has 0 unspecified atom stereocenters. The minimum Gasteiger partial charge on any atom is -0.100 e. The number of alkyl halides is 4. The van der Waals surface area contributed by atoms with Crippen molar-refractivity contribution in [2.45, 2.75) is 33.3 Å². The summed E-state index contributed by atoms with van der Waals surface area (Å²) in [5.41, 5.74) is 4.03. The van der Waals surface area contributed by atoms with Crippen molar-refractivity contribution >= 4 is 58.2 Å². The van der Waals surface area contributed by atoms with Gasteiger partial charge in [0.05, 0.1) is 0 Å². The predicted octanol–water partition coefficient (Wildman–Crippen LogP) is 7.41. The molecule has 0 atom stereocenters. The topological polar surface area (TPSA) is 0 Å². The van der Waals surface area contributed by atoms with Gasteiger partial charge in [0.15, 0.2) is 0 Å². The fourth-order valence-electron chi connectivity index (χ4n) is 1.97. The Hall–Kier alpha value is -0.0500. The molecule has 0 aliphatic rings. The van der Waals surface area contributed by atoms with Gasteiger partial charge >= 0.3 is 0 Å². The third-order valence-corrected chi connectivity index (χ3v) is 5.13. The molecule has 0 saturated heterocycles. The third kappa shape index (κ3) is 4.46. The maximum absolute atomic E-state index is 5.99. The molecule has 0 bridgehead atoms. The van der Waals surface area contributed by atoms with Crippen molar-refractivity contribution in [2.24, 2.45) is 0 Å². The Labute approximate surface area is 149 Å². The van der Waals surface area contributed by atoms with Gasteiger partial charge in [-0.15, -0.1) is 46.4 Å². The summed E-state index contributed by atoms with van der Waals surface area (Å²) in [7, 11) is 0. The van der Waals surface area contributed by atoms with E-state index in [1.54, 1.807) is 11.8 Å². The molecule has 2 aromatic rings. The predicted molar refractivity (Wildman–Crippen MR) is 95.4 cm³/mol. The molecule has 2 rings (SSSR count). The van der Waals surface area contributed by atoms with Crippen LogP contribution in [0.1, 0.15) is 31.9 Å². The standard InChI is InChI=1S/C16H14Cl4S/c1-9-3-5-11(7-13(9)15(17)18)21-12-6-4-10(2)14(8-12)16(19)20/h3-8,15-16H,1-2H3. The quantitative estimate of drug-likeness (QED) is 0.498. The first-order chi connectivity index (χ1) is 9.88. The molecule has 0 aliphatic heterocycles. The highest BCUT2D eigenvalue weighted by Crippen LogP contribution is 2.36. The molecule has 0 nitrogen and oxygen atoms in total. The first kappa shape index (κ1) is 17.3. The van der Waals surface area contributed by atoms with E-state index >= 15 is 0 Å². The van der Waals surface area contributed by atoms with Crippen molar-refractivity contribution in [3.8, 4) is 0 Å². The minimum atomic E-state index is -0.519.